The van der Waals surface area contributed by atoms with E-state index in [1.165, 1.54) is 24.3 Å². The molecule has 22 heavy (non-hydrogen) atoms. The predicted molar refractivity (Wildman–Crippen MR) is 86.8 cm³/mol. The van der Waals surface area contributed by atoms with Crippen molar-refractivity contribution >= 4 is 44.8 Å². The van der Waals surface area contributed by atoms with Gasteiger partial charge in [0.2, 0.25) is 10.0 Å². The number of rotatable bonds is 5. The maximum atomic E-state index is 12.8. The first-order valence-corrected chi connectivity index (χ1v) is 8.80. The average molecular weight is 383 g/mol. The molecule has 0 saturated heterocycles. The molecule has 0 amide bonds. The fraction of sp³-hybridized carbons (Fsp3) is 0.143. The van der Waals surface area contributed by atoms with Crippen LogP contribution in [-0.2, 0) is 16.4 Å². The van der Waals surface area contributed by atoms with E-state index < -0.39 is 10.0 Å². The fourth-order valence-corrected chi connectivity index (χ4v) is 3.80. The van der Waals surface area contributed by atoms with E-state index >= 15 is 0 Å². The summed E-state index contributed by atoms with van der Waals surface area (Å²) >= 11 is 17.5. The second-order valence-corrected chi connectivity index (χ2v) is 7.43. The second-order valence-electron chi connectivity index (χ2n) is 4.47. The molecule has 0 aromatic heterocycles. The minimum atomic E-state index is -3.81. The number of nitrogens with one attached hydrogen (secondary N) is 1. The Kier molecular flexibility index (Phi) is 5.69. The third-order valence-electron chi connectivity index (χ3n) is 2.88. The molecule has 0 aliphatic rings. The number of sulfonamides is 1. The molecule has 0 atom stereocenters. The first kappa shape index (κ1) is 17.5. The van der Waals surface area contributed by atoms with Gasteiger partial charge in [-0.05, 0) is 36.2 Å². The zero-order valence-corrected chi connectivity index (χ0v) is 14.2. The molecule has 0 aliphatic carbocycles. The maximum absolute atomic E-state index is 12.8. The van der Waals surface area contributed by atoms with Crippen molar-refractivity contribution in [3.05, 3.63) is 62.8 Å². The molecule has 0 saturated carbocycles. The highest BCUT2D eigenvalue weighted by atomic mass is 35.5. The van der Waals surface area contributed by atoms with Crippen molar-refractivity contribution < 1.29 is 12.8 Å². The third-order valence-corrected chi connectivity index (χ3v) is 5.53. The van der Waals surface area contributed by atoms with Crippen LogP contribution in [0.4, 0.5) is 4.39 Å². The van der Waals surface area contributed by atoms with E-state index in [2.05, 4.69) is 4.72 Å². The zero-order chi connectivity index (χ0) is 16.3. The highest BCUT2D eigenvalue weighted by molar-refractivity contribution is 7.89. The van der Waals surface area contributed by atoms with Crippen LogP contribution in [0.3, 0.4) is 0 Å². The van der Waals surface area contributed by atoms with Gasteiger partial charge in [0.25, 0.3) is 0 Å². The second kappa shape index (κ2) is 7.15. The highest BCUT2D eigenvalue weighted by Gasteiger charge is 2.19. The lowest BCUT2D eigenvalue weighted by atomic mass is 10.1. The van der Waals surface area contributed by atoms with E-state index in [0.29, 0.717) is 6.42 Å². The topological polar surface area (TPSA) is 46.2 Å². The minimum Gasteiger partial charge on any atom is -0.211 e. The summed E-state index contributed by atoms with van der Waals surface area (Å²) in [4.78, 5) is -0.136. The molecule has 3 nitrogen and oxygen atoms in total. The van der Waals surface area contributed by atoms with E-state index in [0.717, 1.165) is 5.56 Å². The number of hydrogen-bond acceptors (Lipinski definition) is 2. The average Bonchev–Trinajstić information content (AvgIpc) is 2.44. The molecule has 0 unspecified atom stereocenters. The number of halogens is 4. The van der Waals surface area contributed by atoms with Crippen LogP contribution in [0.1, 0.15) is 5.56 Å². The first-order chi connectivity index (χ1) is 10.3. The molecule has 0 bridgehead atoms. The van der Waals surface area contributed by atoms with Crippen molar-refractivity contribution in [3.63, 3.8) is 0 Å². The van der Waals surface area contributed by atoms with Gasteiger partial charge in [-0.3, -0.25) is 0 Å². The van der Waals surface area contributed by atoms with Crippen molar-refractivity contribution in [1.29, 1.82) is 0 Å². The molecule has 8 heteroatoms. The van der Waals surface area contributed by atoms with Gasteiger partial charge in [0.1, 0.15) is 10.7 Å². The molecule has 2 aromatic carbocycles. The van der Waals surface area contributed by atoms with Gasteiger partial charge < -0.3 is 0 Å². The van der Waals surface area contributed by atoms with Crippen LogP contribution in [-0.4, -0.2) is 15.0 Å². The third kappa shape index (κ3) is 4.33. The Morgan fingerprint density at radius 2 is 1.55 bits per heavy atom. The molecule has 2 aromatic rings. The zero-order valence-electron chi connectivity index (χ0n) is 11.1. The predicted octanol–water partition coefficient (Wildman–Crippen LogP) is 4.31. The normalized spacial score (nSPS) is 11.6. The largest absolute Gasteiger partial charge is 0.242 e. The summed E-state index contributed by atoms with van der Waals surface area (Å²) < 4.78 is 39.6. The number of hydrogen-bond donors (Lipinski definition) is 1. The summed E-state index contributed by atoms with van der Waals surface area (Å²) in [6.45, 7) is 0.143. The molecular formula is C14H11Cl3FNO2S. The van der Waals surface area contributed by atoms with E-state index in [1.807, 2.05) is 0 Å². The molecule has 118 valence electrons. The Labute approximate surface area is 143 Å². The molecule has 2 rings (SSSR count). The maximum Gasteiger partial charge on any atom is 0.242 e. The Morgan fingerprint density at radius 3 is 2.18 bits per heavy atom. The van der Waals surface area contributed by atoms with Gasteiger partial charge in [0, 0.05) is 6.54 Å². The molecule has 1 N–H and O–H groups in total. The number of benzene rings is 2. The van der Waals surface area contributed by atoms with Crippen LogP contribution >= 0.6 is 34.8 Å². The van der Waals surface area contributed by atoms with Crippen LogP contribution in [0.5, 0.6) is 0 Å². The SMILES string of the molecule is O=S(=O)(NCCc1ccc(F)cc1)c1cc(Cl)c(Cl)cc1Cl. The Bertz CT molecular complexity index is 779. The molecule has 0 heterocycles. The lowest BCUT2D eigenvalue weighted by Gasteiger charge is -2.09. The molecule has 0 fully saturated rings. The molecule has 0 spiro atoms. The van der Waals surface area contributed by atoms with Crippen LogP contribution in [0.25, 0.3) is 0 Å². The summed E-state index contributed by atoms with van der Waals surface area (Å²) in [7, 11) is -3.81. The van der Waals surface area contributed by atoms with Crippen molar-refractivity contribution in [2.45, 2.75) is 11.3 Å². The summed E-state index contributed by atoms with van der Waals surface area (Å²) in [5.74, 6) is -0.341. The molecule has 0 aliphatic heterocycles. The van der Waals surface area contributed by atoms with Gasteiger partial charge in [0.05, 0.1) is 15.1 Å². The standard InChI is InChI=1S/C14H11Cl3FNO2S/c15-11-7-13(17)14(8-12(11)16)22(20,21)19-6-5-9-1-3-10(18)4-2-9/h1-4,7-8,19H,5-6H2. The van der Waals surface area contributed by atoms with Crippen LogP contribution < -0.4 is 4.72 Å². The van der Waals surface area contributed by atoms with E-state index in [9.17, 15) is 12.8 Å². The van der Waals surface area contributed by atoms with Gasteiger partial charge >= 0.3 is 0 Å². The van der Waals surface area contributed by atoms with Gasteiger partial charge in [0.15, 0.2) is 0 Å². The van der Waals surface area contributed by atoms with Gasteiger partial charge in [-0.2, -0.15) is 0 Å². The first-order valence-electron chi connectivity index (χ1n) is 6.18. The van der Waals surface area contributed by atoms with Crippen LogP contribution in [0, 0.1) is 5.82 Å². The minimum absolute atomic E-state index is 0.0105. The van der Waals surface area contributed by atoms with Gasteiger partial charge in [-0.15, -0.1) is 0 Å². The van der Waals surface area contributed by atoms with E-state index in [4.69, 9.17) is 34.8 Å². The van der Waals surface area contributed by atoms with Crippen molar-refractivity contribution in [2.24, 2.45) is 0 Å². The summed E-state index contributed by atoms with van der Waals surface area (Å²) in [6, 6.07) is 8.30. The van der Waals surface area contributed by atoms with E-state index in [1.54, 1.807) is 12.1 Å². The molecule has 0 radical (unpaired) electrons. The van der Waals surface area contributed by atoms with Crippen LogP contribution in [0.15, 0.2) is 41.3 Å². The smallest absolute Gasteiger partial charge is 0.211 e. The Balaban J connectivity index is 2.08. The van der Waals surface area contributed by atoms with Crippen molar-refractivity contribution in [1.82, 2.24) is 4.72 Å². The highest BCUT2D eigenvalue weighted by Crippen LogP contribution is 2.31. The quantitative estimate of drug-likeness (QED) is 0.783. The Hall–Kier alpha value is -0.850. The molecular weight excluding hydrogens is 372 g/mol. The van der Waals surface area contributed by atoms with Crippen LogP contribution in [0.2, 0.25) is 15.1 Å². The summed E-state index contributed by atoms with van der Waals surface area (Å²) in [5, 5.41) is 0.269. The van der Waals surface area contributed by atoms with Gasteiger partial charge in [-0.1, -0.05) is 46.9 Å². The summed E-state index contributed by atoms with van der Waals surface area (Å²) in [5.41, 5.74) is 0.810. The Morgan fingerprint density at radius 1 is 0.955 bits per heavy atom. The summed E-state index contributed by atoms with van der Waals surface area (Å²) in [6.07, 6.45) is 0.415. The lowest BCUT2D eigenvalue weighted by Crippen LogP contribution is -2.26. The fourth-order valence-electron chi connectivity index (χ4n) is 1.77. The van der Waals surface area contributed by atoms with Crippen molar-refractivity contribution in [3.8, 4) is 0 Å². The van der Waals surface area contributed by atoms with E-state index in [-0.39, 0.29) is 32.3 Å². The lowest BCUT2D eigenvalue weighted by molar-refractivity contribution is 0.581. The van der Waals surface area contributed by atoms with Gasteiger partial charge in [-0.25, -0.2) is 17.5 Å². The van der Waals surface area contributed by atoms with Crippen molar-refractivity contribution in [2.75, 3.05) is 6.54 Å². The monoisotopic (exact) mass is 381 g/mol.